The van der Waals surface area contributed by atoms with Gasteiger partial charge in [0.15, 0.2) is 0 Å². The molecule has 1 aromatic heterocycles. The number of nitrogens with zero attached hydrogens (tertiary/aromatic N) is 1. The number of H-pyrrole nitrogens is 1. The highest BCUT2D eigenvalue weighted by Crippen LogP contribution is 2.33. The van der Waals surface area contributed by atoms with Gasteiger partial charge < -0.3 is 14.8 Å². The maximum atomic E-state index is 6.01. The molecule has 2 heterocycles. The molecule has 24 heavy (non-hydrogen) atoms. The third-order valence-corrected chi connectivity index (χ3v) is 4.92. The van der Waals surface area contributed by atoms with E-state index in [0.29, 0.717) is 12.0 Å². The molecule has 0 amide bonds. The van der Waals surface area contributed by atoms with Gasteiger partial charge in [0.1, 0.15) is 5.75 Å². The van der Waals surface area contributed by atoms with Crippen molar-refractivity contribution in [2.24, 2.45) is 5.92 Å². The van der Waals surface area contributed by atoms with Gasteiger partial charge in [0.2, 0.25) is 0 Å². The van der Waals surface area contributed by atoms with Crippen LogP contribution >= 0.6 is 0 Å². The Morgan fingerprint density at radius 2 is 2.33 bits per heavy atom. The van der Waals surface area contributed by atoms with Gasteiger partial charge in [0.25, 0.3) is 0 Å². The third-order valence-electron chi connectivity index (χ3n) is 4.92. The summed E-state index contributed by atoms with van der Waals surface area (Å²) in [6, 6.07) is 6.56. The highest BCUT2D eigenvalue weighted by atomic mass is 16.5. The van der Waals surface area contributed by atoms with Gasteiger partial charge in [-0.3, -0.25) is 5.10 Å². The number of rotatable bonds is 6. The molecule has 3 atom stereocenters. The van der Waals surface area contributed by atoms with Crippen LogP contribution in [0.15, 0.2) is 30.6 Å². The summed E-state index contributed by atoms with van der Waals surface area (Å²) in [5.41, 5.74) is 3.71. The molecule has 2 N–H and O–H groups in total. The number of aromatic nitrogens is 2. The average Bonchev–Trinajstić information content (AvgIpc) is 3.14. The van der Waals surface area contributed by atoms with E-state index in [9.17, 15) is 0 Å². The van der Waals surface area contributed by atoms with Gasteiger partial charge in [0, 0.05) is 36.9 Å². The van der Waals surface area contributed by atoms with Crippen molar-refractivity contribution in [2.75, 3.05) is 20.3 Å². The molecule has 1 fully saturated rings. The largest absolute Gasteiger partial charge is 0.497 e. The second kappa shape index (κ2) is 7.81. The van der Waals surface area contributed by atoms with Crippen molar-refractivity contribution in [2.45, 2.75) is 38.8 Å². The maximum Gasteiger partial charge on any atom is 0.119 e. The van der Waals surface area contributed by atoms with Gasteiger partial charge >= 0.3 is 0 Å². The first-order chi connectivity index (χ1) is 11.7. The Labute approximate surface area is 143 Å². The molecule has 1 aromatic carbocycles. The fourth-order valence-electron chi connectivity index (χ4n) is 3.54. The molecule has 0 aliphatic carbocycles. The molecule has 0 saturated carbocycles. The Morgan fingerprint density at radius 3 is 3.04 bits per heavy atom. The zero-order valence-corrected chi connectivity index (χ0v) is 14.7. The number of benzene rings is 1. The Morgan fingerprint density at radius 1 is 1.46 bits per heavy atom. The van der Waals surface area contributed by atoms with Crippen molar-refractivity contribution in [3.63, 3.8) is 0 Å². The molecular weight excluding hydrogens is 302 g/mol. The molecule has 1 saturated heterocycles. The van der Waals surface area contributed by atoms with Crippen LogP contribution in [-0.2, 0) is 4.74 Å². The number of aromatic amines is 1. The quantitative estimate of drug-likeness (QED) is 0.851. The van der Waals surface area contributed by atoms with Gasteiger partial charge in [-0.2, -0.15) is 5.10 Å². The van der Waals surface area contributed by atoms with Crippen LogP contribution in [0.1, 0.15) is 48.6 Å². The zero-order chi connectivity index (χ0) is 16.9. The first kappa shape index (κ1) is 17.0. The Bertz CT molecular complexity index is 642. The zero-order valence-electron chi connectivity index (χ0n) is 14.7. The molecule has 1 aliphatic rings. The van der Waals surface area contributed by atoms with E-state index in [1.165, 1.54) is 17.5 Å². The number of methoxy groups -OCH3 is 1. The fourth-order valence-corrected chi connectivity index (χ4v) is 3.54. The third kappa shape index (κ3) is 3.79. The summed E-state index contributed by atoms with van der Waals surface area (Å²) in [4.78, 5) is 0. The summed E-state index contributed by atoms with van der Waals surface area (Å²) >= 11 is 0. The highest BCUT2D eigenvalue weighted by molar-refractivity contribution is 5.36. The van der Waals surface area contributed by atoms with E-state index in [1.54, 1.807) is 7.11 Å². The molecule has 2 aromatic rings. The number of hydrogen-bond acceptors (Lipinski definition) is 4. The van der Waals surface area contributed by atoms with E-state index >= 15 is 0 Å². The molecule has 0 spiro atoms. The predicted octanol–water partition coefficient (Wildman–Crippen LogP) is 3.55. The van der Waals surface area contributed by atoms with Gasteiger partial charge in [0.05, 0.1) is 19.4 Å². The van der Waals surface area contributed by atoms with Crippen molar-refractivity contribution in [3.05, 3.63) is 47.3 Å². The minimum Gasteiger partial charge on any atom is -0.497 e. The summed E-state index contributed by atoms with van der Waals surface area (Å²) in [5, 5.41) is 10.6. The van der Waals surface area contributed by atoms with Crippen LogP contribution in [0.2, 0.25) is 0 Å². The van der Waals surface area contributed by atoms with Crippen LogP contribution in [-0.4, -0.2) is 30.5 Å². The first-order valence-electron chi connectivity index (χ1n) is 8.67. The highest BCUT2D eigenvalue weighted by Gasteiger charge is 2.28. The van der Waals surface area contributed by atoms with E-state index in [4.69, 9.17) is 9.47 Å². The Hall–Kier alpha value is -1.85. The Balaban J connectivity index is 1.63. The van der Waals surface area contributed by atoms with E-state index in [1.807, 2.05) is 18.5 Å². The van der Waals surface area contributed by atoms with Gasteiger partial charge in [-0.25, -0.2) is 0 Å². The SMILES string of the molecule is COc1ccc(C(C)NC[C@@H]2CCCO[C@H]2c2cn[nH]c2)c(C)c1. The lowest BCUT2D eigenvalue weighted by molar-refractivity contribution is -0.0283. The predicted molar refractivity (Wildman–Crippen MR) is 94.2 cm³/mol. The minimum absolute atomic E-state index is 0.133. The van der Waals surface area contributed by atoms with Crippen LogP contribution in [0.25, 0.3) is 0 Å². The van der Waals surface area contributed by atoms with Crippen molar-refractivity contribution in [1.82, 2.24) is 15.5 Å². The molecule has 3 rings (SSSR count). The lowest BCUT2D eigenvalue weighted by atomic mass is 9.90. The monoisotopic (exact) mass is 329 g/mol. The van der Waals surface area contributed by atoms with Crippen LogP contribution < -0.4 is 10.1 Å². The average molecular weight is 329 g/mol. The summed E-state index contributed by atoms with van der Waals surface area (Å²) in [5.74, 6) is 1.38. The van der Waals surface area contributed by atoms with Crippen molar-refractivity contribution in [1.29, 1.82) is 0 Å². The number of aryl methyl sites for hydroxylation is 1. The van der Waals surface area contributed by atoms with E-state index < -0.39 is 0 Å². The lowest BCUT2D eigenvalue weighted by Crippen LogP contribution is -2.33. The molecule has 130 valence electrons. The summed E-state index contributed by atoms with van der Waals surface area (Å²) in [6.45, 7) is 6.11. The standard InChI is InChI=1S/C19H27N3O2/c1-13-9-17(23-3)6-7-18(13)14(2)20-10-15-5-4-8-24-19(15)16-11-21-22-12-16/h6-7,9,11-12,14-15,19-20H,4-5,8,10H2,1-3H3,(H,21,22)/t14?,15-,19+/m0/s1. The van der Waals surface area contributed by atoms with Crippen molar-refractivity contribution < 1.29 is 9.47 Å². The second-order valence-electron chi connectivity index (χ2n) is 6.58. The molecule has 0 bridgehead atoms. The fraction of sp³-hybridized carbons (Fsp3) is 0.526. The van der Waals surface area contributed by atoms with Crippen LogP contribution in [0, 0.1) is 12.8 Å². The lowest BCUT2D eigenvalue weighted by Gasteiger charge is -2.32. The van der Waals surface area contributed by atoms with E-state index in [0.717, 1.165) is 30.9 Å². The first-order valence-corrected chi connectivity index (χ1v) is 8.67. The van der Waals surface area contributed by atoms with Crippen LogP contribution in [0.4, 0.5) is 0 Å². The molecular formula is C19H27N3O2. The normalized spacial score (nSPS) is 22.3. The molecule has 0 radical (unpaired) electrons. The van der Waals surface area contributed by atoms with E-state index in [2.05, 4.69) is 41.5 Å². The number of nitrogens with one attached hydrogen (secondary N) is 2. The van der Waals surface area contributed by atoms with Crippen molar-refractivity contribution in [3.8, 4) is 5.75 Å². The molecule has 5 nitrogen and oxygen atoms in total. The van der Waals surface area contributed by atoms with E-state index in [-0.39, 0.29) is 6.10 Å². The molecule has 1 unspecified atom stereocenters. The second-order valence-corrected chi connectivity index (χ2v) is 6.58. The van der Waals surface area contributed by atoms with Crippen LogP contribution in [0.3, 0.4) is 0 Å². The van der Waals surface area contributed by atoms with Gasteiger partial charge in [-0.1, -0.05) is 6.07 Å². The van der Waals surface area contributed by atoms with Crippen LogP contribution in [0.5, 0.6) is 5.75 Å². The maximum absolute atomic E-state index is 6.01. The topological polar surface area (TPSA) is 59.2 Å². The summed E-state index contributed by atoms with van der Waals surface area (Å²) in [6.07, 6.45) is 6.25. The Kier molecular flexibility index (Phi) is 5.53. The minimum atomic E-state index is 0.133. The summed E-state index contributed by atoms with van der Waals surface area (Å²) in [7, 11) is 1.70. The van der Waals surface area contributed by atoms with Gasteiger partial charge in [-0.15, -0.1) is 0 Å². The molecule has 5 heteroatoms. The summed E-state index contributed by atoms with van der Waals surface area (Å²) < 4.78 is 11.3. The van der Waals surface area contributed by atoms with Gasteiger partial charge in [-0.05, 0) is 49.9 Å². The van der Waals surface area contributed by atoms with Crippen molar-refractivity contribution >= 4 is 0 Å². The molecule has 1 aliphatic heterocycles. The number of hydrogen-bond donors (Lipinski definition) is 2. The number of ether oxygens (including phenoxy) is 2. The smallest absolute Gasteiger partial charge is 0.119 e.